The van der Waals surface area contributed by atoms with Gasteiger partial charge in [-0.3, -0.25) is 4.79 Å². The van der Waals surface area contributed by atoms with Crippen LogP contribution in [0.1, 0.15) is 75.3 Å². The Morgan fingerprint density at radius 3 is 2.45 bits per heavy atom. The third kappa shape index (κ3) is 8.39. The number of amides is 3. The van der Waals surface area contributed by atoms with Crippen molar-refractivity contribution in [2.75, 3.05) is 6.54 Å². The van der Waals surface area contributed by atoms with Crippen LogP contribution in [0.5, 0.6) is 0 Å². The first-order chi connectivity index (χ1) is 20.4. The van der Waals surface area contributed by atoms with Gasteiger partial charge in [-0.25, -0.2) is 4.79 Å². The number of urea groups is 1. The molecule has 7 nitrogen and oxygen atoms in total. The summed E-state index contributed by atoms with van der Waals surface area (Å²) in [5, 5.41) is 8.18. The number of hydrogen-bond donors (Lipinski definition) is 4. The van der Waals surface area contributed by atoms with E-state index < -0.39 is 0 Å². The fourth-order valence-electron chi connectivity index (χ4n) is 6.62. The predicted molar refractivity (Wildman–Crippen MR) is 171 cm³/mol. The van der Waals surface area contributed by atoms with Crippen LogP contribution in [-0.4, -0.2) is 52.5 Å². The molecule has 224 valence electrons. The average molecular weight is 590 g/mol. The summed E-state index contributed by atoms with van der Waals surface area (Å²) in [6, 6.07) is 18.4. The van der Waals surface area contributed by atoms with Crippen molar-refractivity contribution >= 4 is 40.5 Å². The molecule has 0 radical (unpaired) electrons. The Balaban J connectivity index is 1.22. The molecule has 4 atom stereocenters. The maximum absolute atomic E-state index is 13.8. The second kappa shape index (κ2) is 14.7. The minimum absolute atomic E-state index is 0.0133. The molecule has 5 rings (SSSR count). The maximum Gasteiger partial charge on any atom is 0.315 e. The molecule has 42 heavy (non-hydrogen) atoms. The molecule has 1 aromatic heterocycles. The van der Waals surface area contributed by atoms with Crippen molar-refractivity contribution in [3.05, 3.63) is 77.0 Å². The summed E-state index contributed by atoms with van der Waals surface area (Å²) < 4.78 is 0. The Kier molecular flexibility index (Phi) is 10.6. The van der Waals surface area contributed by atoms with E-state index in [1.807, 2.05) is 53.4 Å². The Hall–Kier alpha value is -3.29. The molecule has 8 heteroatoms. The number of nitrogens with one attached hydrogen (secondary N) is 3. The normalized spacial score (nSPS) is 23.0. The highest BCUT2D eigenvalue weighted by atomic mass is 35.5. The molecule has 0 bridgehead atoms. The highest BCUT2D eigenvalue weighted by Gasteiger charge is 2.31. The molecule has 1 heterocycles. The average Bonchev–Trinajstić information content (AvgIpc) is 3.39. The second-order valence-corrected chi connectivity index (χ2v) is 12.5. The zero-order valence-corrected chi connectivity index (χ0v) is 25.1. The van der Waals surface area contributed by atoms with Gasteiger partial charge in [-0.1, -0.05) is 60.1 Å². The number of benzene rings is 2. The van der Waals surface area contributed by atoms with Gasteiger partial charge in [-0.2, -0.15) is 0 Å². The minimum Gasteiger partial charge on any atom is -0.361 e. The number of nitrogens with two attached hydrogens (primary N) is 1. The molecule has 2 fully saturated rings. The van der Waals surface area contributed by atoms with E-state index in [4.69, 9.17) is 17.3 Å². The first-order valence-electron chi connectivity index (χ1n) is 15.5. The van der Waals surface area contributed by atoms with Gasteiger partial charge in [0, 0.05) is 52.7 Å². The number of nitrogens with zero attached hydrogens (tertiary/aromatic N) is 1. The van der Waals surface area contributed by atoms with Crippen molar-refractivity contribution in [2.45, 2.75) is 94.8 Å². The number of H-pyrrole nitrogens is 1. The molecule has 0 aliphatic heterocycles. The molecular weight excluding hydrogens is 546 g/mol. The Morgan fingerprint density at radius 1 is 0.952 bits per heavy atom. The van der Waals surface area contributed by atoms with Gasteiger partial charge >= 0.3 is 6.03 Å². The van der Waals surface area contributed by atoms with E-state index in [1.165, 1.54) is 10.9 Å². The van der Waals surface area contributed by atoms with Gasteiger partial charge < -0.3 is 26.3 Å². The summed E-state index contributed by atoms with van der Waals surface area (Å²) in [4.78, 5) is 31.9. The van der Waals surface area contributed by atoms with E-state index in [-0.39, 0.29) is 36.1 Å². The fourth-order valence-corrected chi connectivity index (χ4v) is 6.88. The lowest BCUT2D eigenvalue weighted by molar-refractivity contribution is -0.133. The van der Waals surface area contributed by atoms with Crippen molar-refractivity contribution in [2.24, 2.45) is 5.73 Å². The monoisotopic (exact) mass is 589 g/mol. The van der Waals surface area contributed by atoms with Crippen molar-refractivity contribution in [3.63, 3.8) is 0 Å². The summed E-state index contributed by atoms with van der Waals surface area (Å²) in [6.07, 6.45) is 13.4. The molecule has 2 aromatic carbocycles. The SMILES string of the molecule is NC1CCCC(NC(=O)NC2CCCC(N(C/C(Cl)=C/c3ccccc3)C(=O)CCCc3c[nH]c4ccccc34)C2)C1. The number of hydrogen-bond acceptors (Lipinski definition) is 3. The number of aryl methyl sites for hydroxylation is 1. The van der Waals surface area contributed by atoms with E-state index in [0.29, 0.717) is 18.0 Å². The van der Waals surface area contributed by atoms with Crippen molar-refractivity contribution in [1.82, 2.24) is 20.5 Å². The Morgan fingerprint density at radius 2 is 1.67 bits per heavy atom. The molecule has 2 saturated carbocycles. The summed E-state index contributed by atoms with van der Waals surface area (Å²) in [5.74, 6) is 0.112. The predicted octanol–water partition coefficient (Wildman–Crippen LogP) is 6.48. The standard InChI is InChI=1S/C34H44ClN5O2/c35-26(19-24-9-2-1-3-10-24)23-40(33(41)18-6-11-25-22-37-32-17-5-4-16-31(25)32)30-15-8-14-29(21-30)39-34(42)38-28-13-7-12-27(36)20-28/h1-5,9-10,16-17,19,22,27-30,37H,6-8,11-15,18,20-21,23,36H2,(H2,38,39,42)/b26-19-. The summed E-state index contributed by atoms with van der Waals surface area (Å²) in [6.45, 7) is 0.367. The lowest BCUT2D eigenvalue weighted by Gasteiger charge is -2.38. The van der Waals surface area contributed by atoms with E-state index >= 15 is 0 Å². The zero-order valence-electron chi connectivity index (χ0n) is 24.4. The van der Waals surface area contributed by atoms with Crippen molar-refractivity contribution in [3.8, 4) is 0 Å². The lowest BCUT2D eigenvalue weighted by atomic mass is 9.89. The van der Waals surface area contributed by atoms with Crippen molar-refractivity contribution in [1.29, 1.82) is 0 Å². The van der Waals surface area contributed by atoms with Gasteiger partial charge in [-0.05, 0) is 87.5 Å². The number of carbonyl (C=O) groups is 2. The third-order valence-electron chi connectivity index (χ3n) is 8.75. The van der Waals surface area contributed by atoms with Crippen LogP contribution in [-0.2, 0) is 11.2 Å². The second-order valence-electron chi connectivity index (χ2n) is 12.0. The summed E-state index contributed by atoms with van der Waals surface area (Å²) in [5.41, 5.74) is 9.48. The third-order valence-corrected chi connectivity index (χ3v) is 8.98. The van der Waals surface area contributed by atoms with Gasteiger partial charge in [0.05, 0.1) is 6.54 Å². The van der Waals surface area contributed by atoms with Gasteiger partial charge in [0.15, 0.2) is 0 Å². The zero-order chi connectivity index (χ0) is 29.3. The van der Waals surface area contributed by atoms with Crippen molar-refractivity contribution < 1.29 is 9.59 Å². The lowest BCUT2D eigenvalue weighted by Crippen LogP contribution is -2.52. The van der Waals surface area contributed by atoms with E-state index in [9.17, 15) is 9.59 Å². The number of aromatic nitrogens is 1. The Bertz CT molecular complexity index is 1360. The summed E-state index contributed by atoms with van der Waals surface area (Å²) in [7, 11) is 0. The van der Waals surface area contributed by atoms with Gasteiger partial charge in [0.25, 0.3) is 0 Å². The maximum atomic E-state index is 13.8. The first kappa shape index (κ1) is 30.2. The number of rotatable bonds is 10. The molecular formula is C34H44ClN5O2. The van der Waals surface area contributed by atoms with E-state index in [1.54, 1.807) is 0 Å². The molecule has 3 aromatic rings. The molecule has 2 aliphatic rings. The smallest absolute Gasteiger partial charge is 0.315 e. The van der Waals surface area contributed by atoms with E-state index in [0.717, 1.165) is 75.3 Å². The number of halogens is 1. The molecule has 4 unspecified atom stereocenters. The quantitative estimate of drug-likeness (QED) is 0.218. The minimum atomic E-state index is -0.127. The molecule has 2 aliphatic carbocycles. The largest absolute Gasteiger partial charge is 0.361 e. The molecule has 3 amide bonds. The molecule has 0 spiro atoms. The number of aromatic amines is 1. The summed E-state index contributed by atoms with van der Waals surface area (Å²) >= 11 is 6.77. The Labute approximate surface area is 254 Å². The molecule has 0 saturated heterocycles. The number of fused-ring (bicyclic) bond motifs is 1. The van der Waals surface area contributed by atoms with Gasteiger partial charge in [-0.15, -0.1) is 0 Å². The van der Waals surface area contributed by atoms with Crippen LogP contribution in [0.3, 0.4) is 0 Å². The van der Waals surface area contributed by atoms with Crippen LogP contribution >= 0.6 is 11.6 Å². The highest BCUT2D eigenvalue weighted by molar-refractivity contribution is 6.31. The topological polar surface area (TPSA) is 103 Å². The van der Waals surface area contributed by atoms with Crippen LogP contribution in [0.25, 0.3) is 17.0 Å². The van der Waals surface area contributed by atoms with Crippen LogP contribution in [0, 0.1) is 0 Å². The van der Waals surface area contributed by atoms with E-state index in [2.05, 4.69) is 33.9 Å². The number of para-hydroxylation sites is 1. The highest BCUT2D eigenvalue weighted by Crippen LogP contribution is 2.27. The van der Waals surface area contributed by atoms with Crippen LogP contribution in [0.4, 0.5) is 4.79 Å². The first-order valence-corrected chi connectivity index (χ1v) is 15.9. The van der Waals surface area contributed by atoms with Gasteiger partial charge in [0.1, 0.15) is 0 Å². The van der Waals surface area contributed by atoms with Crippen LogP contribution < -0.4 is 16.4 Å². The fraction of sp³-hybridized carbons (Fsp3) is 0.471. The van der Waals surface area contributed by atoms with Crippen LogP contribution in [0.2, 0.25) is 0 Å². The van der Waals surface area contributed by atoms with Gasteiger partial charge in [0.2, 0.25) is 5.91 Å². The van der Waals surface area contributed by atoms with Crippen LogP contribution in [0.15, 0.2) is 65.8 Å². The number of carbonyl (C=O) groups excluding carboxylic acids is 2. The molecule has 5 N–H and O–H groups in total.